The molecule has 6 heteroatoms. The normalized spacial score (nSPS) is 12.3. The summed E-state index contributed by atoms with van der Waals surface area (Å²) in [5, 5.41) is 0.674. The first-order valence-corrected chi connectivity index (χ1v) is 9.70. The second kappa shape index (κ2) is 8.93. The Morgan fingerprint density at radius 2 is 1.93 bits per heavy atom. The number of aromatic nitrogens is 1. The molecule has 3 nitrogen and oxygen atoms in total. The second-order valence-corrected chi connectivity index (χ2v) is 7.64. The highest BCUT2D eigenvalue weighted by atomic mass is 35.5. The van der Waals surface area contributed by atoms with Crippen LogP contribution in [0.2, 0.25) is 5.02 Å². The van der Waals surface area contributed by atoms with Crippen molar-refractivity contribution >= 4 is 29.9 Å². The fourth-order valence-corrected chi connectivity index (χ4v) is 4.02. The molecule has 0 aliphatic heterocycles. The number of hydrogen-bond donors (Lipinski definition) is 1. The van der Waals surface area contributed by atoms with Crippen LogP contribution in [0.15, 0.2) is 48.5 Å². The van der Waals surface area contributed by atoms with E-state index in [4.69, 9.17) is 22.3 Å². The number of carbonyl (C=O) groups excluding carboxylic acids is 1. The van der Waals surface area contributed by atoms with E-state index in [1.54, 1.807) is 6.07 Å². The minimum atomic E-state index is -0.537. The molecule has 0 radical (unpaired) electrons. The highest BCUT2D eigenvalue weighted by molar-refractivity contribution is 6.30. The number of hydrogen-bond acceptors (Lipinski definition) is 2. The summed E-state index contributed by atoms with van der Waals surface area (Å²) in [5.41, 5.74) is 11.8. The molecule has 150 valence electrons. The van der Waals surface area contributed by atoms with Gasteiger partial charge in [-0.05, 0) is 72.2 Å². The second-order valence-electron chi connectivity index (χ2n) is 7.20. The van der Waals surface area contributed by atoms with Crippen molar-refractivity contribution in [1.82, 2.24) is 4.98 Å². The molecule has 0 atom stereocenters. The maximum Gasteiger partial charge on any atom is 0.221 e. The minimum absolute atomic E-state index is 0. The monoisotopic (exact) mass is 430 g/mol. The Labute approximate surface area is 180 Å². The van der Waals surface area contributed by atoms with Crippen molar-refractivity contribution in [2.45, 2.75) is 32.1 Å². The molecule has 1 aromatic heterocycles. The van der Waals surface area contributed by atoms with Crippen LogP contribution in [0.1, 0.15) is 34.4 Å². The summed E-state index contributed by atoms with van der Waals surface area (Å²) in [6.45, 7) is 0. The summed E-state index contributed by atoms with van der Waals surface area (Å²) in [7, 11) is 0. The molecule has 0 unspecified atom stereocenters. The lowest BCUT2D eigenvalue weighted by Crippen LogP contribution is -2.14. The van der Waals surface area contributed by atoms with E-state index < -0.39 is 11.7 Å². The molecular formula is C23H21Cl2FN2O. The number of fused-ring (bicyclic) bond motifs is 1. The van der Waals surface area contributed by atoms with Crippen LogP contribution in [0.3, 0.4) is 0 Å². The maximum absolute atomic E-state index is 14.3. The van der Waals surface area contributed by atoms with Crippen molar-refractivity contribution in [2.24, 2.45) is 5.73 Å². The molecule has 1 heterocycles. The van der Waals surface area contributed by atoms with E-state index in [-0.39, 0.29) is 18.8 Å². The fraction of sp³-hybridized carbons (Fsp3) is 0.217. The Balaban J connectivity index is 0.00000240. The number of rotatable bonds is 5. The highest BCUT2D eigenvalue weighted by Crippen LogP contribution is 2.31. The summed E-state index contributed by atoms with van der Waals surface area (Å²) in [6.07, 6.45) is 3.57. The first kappa shape index (κ1) is 21.3. The molecule has 3 aromatic rings. The number of halogens is 3. The molecule has 1 aliphatic carbocycles. The van der Waals surface area contributed by atoms with E-state index in [9.17, 15) is 9.18 Å². The van der Waals surface area contributed by atoms with Crippen molar-refractivity contribution < 1.29 is 9.18 Å². The van der Waals surface area contributed by atoms with Gasteiger partial charge >= 0.3 is 0 Å². The van der Waals surface area contributed by atoms with Gasteiger partial charge in [-0.15, -0.1) is 12.4 Å². The third-order valence-electron chi connectivity index (χ3n) is 5.14. The van der Waals surface area contributed by atoms with E-state index in [1.807, 2.05) is 30.3 Å². The van der Waals surface area contributed by atoms with Crippen LogP contribution in [0.5, 0.6) is 0 Å². The largest absolute Gasteiger partial charge is 0.369 e. The predicted octanol–water partition coefficient (Wildman–Crippen LogP) is 5.07. The fourth-order valence-electron chi connectivity index (χ4n) is 3.83. The van der Waals surface area contributed by atoms with Crippen LogP contribution < -0.4 is 5.73 Å². The number of carbonyl (C=O) groups is 1. The number of aryl methyl sites for hydroxylation is 1. The van der Waals surface area contributed by atoms with E-state index in [0.717, 1.165) is 41.8 Å². The molecule has 2 aromatic carbocycles. The number of primary amides is 1. The van der Waals surface area contributed by atoms with Gasteiger partial charge in [-0.2, -0.15) is 0 Å². The number of pyridine rings is 1. The Hall–Kier alpha value is -2.43. The van der Waals surface area contributed by atoms with E-state index in [0.29, 0.717) is 17.0 Å². The zero-order chi connectivity index (χ0) is 19.7. The average Bonchev–Trinajstić information content (AvgIpc) is 3.12. The Morgan fingerprint density at radius 1 is 1.10 bits per heavy atom. The maximum atomic E-state index is 14.3. The lowest BCUT2D eigenvalue weighted by atomic mass is 9.96. The molecule has 0 bridgehead atoms. The average molecular weight is 431 g/mol. The highest BCUT2D eigenvalue weighted by Gasteiger charge is 2.19. The minimum Gasteiger partial charge on any atom is -0.369 e. The summed E-state index contributed by atoms with van der Waals surface area (Å²) in [4.78, 5) is 15.9. The van der Waals surface area contributed by atoms with Crippen molar-refractivity contribution in [2.75, 3.05) is 0 Å². The Bertz CT molecular complexity index is 1070. The first-order valence-electron chi connectivity index (χ1n) is 9.33. The SMILES string of the molecule is Cl.NC(=O)Cc1ccc(Cc2cc(-c3cccc(Cl)c3)nc3c2CCC3)cc1F. The zero-order valence-corrected chi connectivity index (χ0v) is 17.3. The number of nitrogens with two attached hydrogens (primary N) is 1. The van der Waals surface area contributed by atoms with Crippen LogP contribution in [0, 0.1) is 5.82 Å². The van der Waals surface area contributed by atoms with Gasteiger partial charge < -0.3 is 5.73 Å². The number of benzene rings is 2. The summed E-state index contributed by atoms with van der Waals surface area (Å²) >= 11 is 6.15. The van der Waals surface area contributed by atoms with Gasteiger partial charge in [-0.25, -0.2) is 4.39 Å². The van der Waals surface area contributed by atoms with Gasteiger partial charge in [-0.3, -0.25) is 9.78 Å². The molecule has 2 N–H and O–H groups in total. The summed E-state index contributed by atoms with van der Waals surface area (Å²) in [5.74, 6) is -0.929. The number of nitrogens with zero attached hydrogens (tertiary/aromatic N) is 1. The molecule has 0 spiro atoms. The van der Waals surface area contributed by atoms with Crippen LogP contribution in [0.25, 0.3) is 11.3 Å². The van der Waals surface area contributed by atoms with Crippen molar-refractivity contribution in [1.29, 1.82) is 0 Å². The van der Waals surface area contributed by atoms with Gasteiger partial charge in [0.1, 0.15) is 5.82 Å². The van der Waals surface area contributed by atoms with Gasteiger partial charge in [0.15, 0.2) is 0 Å². The summed E-state index contributed by atoms with van der Waals surface area (Å²) < 4.78 is 14.3. The molecule has 29 heavy (non-hydrogen) atoms. The van der Waals surface area contributed by atoms with Crippen LogP contribution >= 0.6 is 24.0 Å². The molecule has 1 aliphatic rings. The third kappa shape index (κ3) is 4.77. The third-order valence-corrected chi connectivity index (χ3v) is 5.37. The molecule has 0 saturated heterocycles. The quantitative estimate of drug-likeness (QED) is 0.613. The van der Waals surface area contributed by atoms with Gasteiger partial charge in [0, 0.05) is 16.3 Å². The topological polar surface area (TPSA) is 56.0 Å². The van der Waals surface area contributed by atoms with Crippen LogP contribution in [-0.2, 0) is 30.5 Å². The first-order chi connectivity index (χ1) is 13.5. The van der Waals surface area contributed by atoms with Crippen LogP contribution in [0.4, 0.5) is 4.39 Å². The zero-order valence-electron chi connectivity index (χ0n) is 15.8. The van der Waals surface area contributed by atoms with Crippen molar-refractivity contribution in [3.8, 4) is 11.3 Å². The smallest absolute Gasteiger partial charge is 0.221 e. The molecule has 0 saturated carbocycles. The summed E-state index contributed by atoms with van der Waals surface area (Å²) in [6, 6.07) is 14.8. The van der Waals surface area contributed by atoms with E-state index in [1.165, 1.54) is 17.2 Å². The van der Waals surface area contributed by atoms with Gasteiger partial charge in [0.25, 0.3) is 0 Å². The van der Waals surface area contributed by atoms with Gasteiger partial charge in [0.2, 0.25) is 5.91 Å². The number of amides is 1. The van der Waals surface area contributed by atoms with Gasteiger partial charge in [-0.1, -0.05) is 35.9 Å². The molecule has 1 amide bonds. The van der Waals surface area contributed by atoms with Gasteiger partial charge in [0.05, 0.1) is 12.1 Å². The van der Waals surface area contributed by atoms with E-state index in [2.05, 4.69) is 6.07 Å². The Kier molecular flexibility index (Phi) is 6.56. The lowest BCUT2D eigenvalue weighted by molar-refractivity contribution is -0.117. The van der Waals surface area contributed by atoms with Crippen molar-refractivity contribution in [3.05, 3.63) is 87.3 Å². The predicted molar refractivity (Wildman–Crippen MR) is 116 cm³/mol. The lowest BCUT2D eigenvalue weighted by Gasteiger charge is -2.13. The standard InChI is InChI=1S/C23H20ClFN2O.ClH/c24-18-4-1-3-16(11-18)22-12-17(19-5-2-6-21(19)27-22)9-14-7-8-15(13-23(26)28)20(25)10-14;/h1,3-4,7-8,10-12H,2,5-6,9,13H2,(H2,26,28);1H. The molecule has 4 rings (SSSR count). The molecule has 0 fully saturated rings. The molecular weight excluding hydrogens is 410 g/mol. The van der Waals surface area contributed by atoms with E-state index >= 15 is 0 Å². The van der Waals surface area contributed by atoms with Crippen molar-refractivity contribution in [3.63, 3.8) is 0 Å². The van der Waals surface area contributed by atoms with Crippen LogP contribution in [-0.4, -0.2) is 10.9 Å². The Morgan fingerprint density at radius 3 is 2.66 bits per heavy atom.